The topological polar surface area (TPSA) is 235 Å². The molecular weight excluding hydrogens is 592 g/mol. The number of aliphatic hydroxyl groups is 3. The molecule has 6 N–H and O–H groups in total. The van der Waals surface area contributed by atoms with E-state index in [9.17, 15) is 39.3 Å². The van der Waals surface area contributed by atoms with Gasteiger partial charge in [-0.2, -0.15) is 4.98 Å². The van der Waals surface area contributed by atoms with E-state index in [0.717, 1.165) is 11.1 Å². The molecule has 2 aliphatic rings. The van der Waals surface area contributed by atoms with E-state index in [4.69, 9.17) is 9.47 Å². The van der Waals surface area contributed by atoms with Gasteiger partial charge >= 0.3 is 17.8 Å². The van der Waals surface area contributed by atoms with Crippen LogP contribution in [0.1, 0.15) is 51.2 Å². The predicted octanol–water partition coefficient (Wildman–Crippen LogP) is -0.361. The average molecular weight is 633 g/mol. The molecule has 16 heteroatoms. The summed E-state index contributed by atoms with van der Waals surface area (Å²) in [5.41, 5.74) is 0.0871. The van der Waals surface area contributed by atoms with Gasteiger partial charge in [-0.1, -0.05) is 0 Å². The van der Waals surface area contributed by atoms with E-state index in [1.165, 1.54) is 4.57 Å². The Hall–Kier alpha value is -4.41. The first kappa shape index (κ1) is 35.1. The molecule has 1 aromatic rings. The van der Waals surface area contributed by atoms with E-state index in [1.807, 2.05) is 13.8 Å². The fraction of sp³-hybridized carbons (Fsp3) is 0.552. The summed E-state index contributed by atoms with van der Waals surface area (Å²) >= 11 is 0. The Bertz CT molecular complexity index is 1610. The smallest absolute Gasteiger partial charge is 0.407 e. The van der Waals surface area contributed by atoms with Crippen LogP contribution in [-0.2, 0) is 25.6 Å². The highest BCUT2D eigenvalue weighted by molar-refractivity contribution is 5.82. The zero-order chi connectivity index (χ0) is 33.5. The number of nitrogens with zero attached hydrogens (tertiary/aromatic N) is 3. The fourth-order valence-corrected chi connectivity index (χ4v) is 4.26. The second-order valence-electron chi connectivity index (χ2n) is 11.6. The Morgan fingerprint density at radius 2 is 1.64 bits per heavy atom. The van der Waals surface area contributed by atoms with E-state index < -0.39 is 66.3 Å². The number of aliphatic hydroxyl groups excluding tert-OH is 3. The van der Waals surface area contributed by atoms with Crippen LogP contribution < -0.4 is 21.9 Å². The van der Waals surface area contributed by atoms with Gasteiger partial charge in [-0.25, -0.2) is 14.6 Å². The van der Waals surface area contributed by atoms with Gasteiger partial charge in [0.1, 0.15) is 30.5 Å². The van der Waals surface area contributed by atoms with Crippen LogP contribution in [0.2, 0.25) is 0 Å². The molecule has 3 atom stereocenters. The third-order valence-corrected chi connectivity index (χ3v) is 6.70. The number of alkyl carbamates (subject to hydrolysis) is 1. The first-order chi connectivity index (χ1) is 21.1. The summed E-state index contributed by atoms with van der Waals surface area (Å²) in [5, 5.41) is 37.0. The normalized spacial score (nSPS) is 13.7. The number of aromatic amines is 1. The molecule has 16 nitrogen and oxygen atoms in total. The van der Waals surface area contributed by atoms with Crippen LogP contribution in [0.4, 0.5) is 4.79 Å². The molecule has 0 bridgehead atoms. The number of amides is 2. The second-order valence-corrected chi connectivity index (χ2v) is 11.6. The third-order valence-electron chi connectivity index (χ3n) is 6.70. The van der Waals surface area contributed by atoms with Crippen LogP contribution in [0, 0.1) is 13.8 Å². The fourth-order valence-electron chi connectivity index (χ4n) is 4.26. The van der Waals surface area contributed by atoms with Crippen molar-refractivity contribution in [2.75, 3.05) is 19.7 Å². The van der Waals surface area contributed by atoms with Gasteiger partial charge in [-0.15, -0.1) is 0 Å². The summed E-state index contributed by atoms with van der Waals surface area (Å²) in [6, 6.07) is 3.46. The number of hydrogen-bond acceptors (Lipinski definition) is 12. The van der Waals surface area contributed by atoms with Crippen LogP contribution in [0.3, 0.4) is 0 Å². The van der Waals surface area contributed by atoms with Crippen molar-refractivity contribution in [1.82, 2.24) is 30.2 Å². The van der Waals surface area contributed by atoms with Crippen LogP contribution in [-0.4, -0.2) is 96.4 Å². The Kier molecular flexibility index (Phi) is 11.7. The Morgan fingerprint density at radius 1 is 0.978 bits per heavy atom. The van der Waals surface area contributed by atoms with Gasteiger partial charge in [-0.05, 0) is 64.3 Å². The summed E-state index contributed by atoms with van der Waals surface area (Å²) < 4.78 is 11.4. The minimum atomic E-state index is -1.80. The molecule has 0 fully saturated rings. The number of H-pyrrole nitrogens is 1. The van der Waals surface area contributed by atoms with Crippen molar-refractivity contribution in [1.29, 1.82) is 0 Å². The van der Waals surface area contributed by atoms with Crippen molar-refractivity contribution in [2.45, 2.75) is 84.3 Å². The van der Waals surface area contributed by atoms with Crippen LogP contribution in [0.5, 0.6) is 0 Å². The Balaban J connectivity index is 1.50. The zero-order valence-corrected chi connectivity index (χ0v) is 25.9. The van der Waals surface area contributed by atoms with Crippen LogP contribution >= 0.6 is 0 Å². The minimum Gasteiger partial charge on any atom is -0.463 e. The van der Waals surface area contributed by atoms with Crippen molar-refractivity contribution in [3.8, 4) is 11.5 Å². The number of carbonyl (C=O) groups excluding carboxylic acids is 3. The number of benzene rings is 1. The van der Waals surface area contributed by atoms with Crippen molar-refractivity contribution >= 4 is 29.0 Å². The van der Waals surface area contributed by atoms with E-state index in [0.29, 0.717) is 17.5 Å². The molecule has 0 aromatic heterocycles. The lowest BCUT2D eigenvalue weighted by atomic mass is 10.1. The van der Waals surface area contributed by atoms with E-state index >= 15 is 0 Å². The van der Waals surface area contributed by atoms with Gasteiger partial charge in [0.2, 0.25) is 5.91 Å². The van der Waals surface area contributed by atoms with E-state index in [2.05, 4.69) is 25.6 Å². The molecule has 246 valence electrons. The molecule has 3 rings (SSSR count). The maximum atomic E-state index is 12.4. The first-order valence-corrected chi connectivity index (χ1v) is 14.4. The van der Waals surface area contributed by atoms with Gasteiger partial charge in [0, 0.05) is 19.5 Å². The number of carbonyl (C=O) groups is 3. The van der Waals surface area contributed by atoms with Gasteiger partial charge in [0.25, 0.3) is 5.56 Å². The lowest BCUT2D eigenvalue weighted by Crippen LogP contribution is -2.43. The number of ether oxygens (including phenoxy) is 2. The Labute approximate surface area is 258 Å². The molecular formula is C29H40N6O10. The molecule has 0 radical (unpaired) electrons. The van der Waals surface area contributed by atoms with E-state index in [-0.39, 0.29) is 37.4 Å². The molecule has 3 unspecified atom stereocenters. The number of esters is 1. The highest BCUT2D eigenvalue weighted by Crippen LogP contribution is 2.24. The van der Waals surface area contributed by atoms with Crippen LogP contribution in [0.25, 0.3) is 22.6 Å². The highest BCUT2D eigenvalue weighted by Gasteiger charge is 2.29. The average Bonchev–Trinajstić information content (AvgIpc) is 2.94. The molecule has 0 spiro atoms. The highest BCUT2D eigenvalue weighted by atomic mass is 16.6. The maximum absolute atomic E-state index is 12.4. The van der Waals surface area contributed by atoms with Crippen molar-refractivity contribution in [2.24, 2.45) is 0 Å². The molecule has 2 amide bonds. The lowest BCUT2D eigenvalue weighted by Gasteiger charge is -2.25. The van der Waals surface area contributed by atoms with Gasteiger partial charge < -0.3 is 40.0 Å². The monoisotopic (exact) mass is 632 g/mol. The second kappa shape index (κ2) is 15.0. The number of aryl methyl sites for hydroxylation is 2. The van der Waals surface area contributed by atoms with Gasteiger partial charge in [-0.3, -0.25) is 19.4 Å². The lowest BCUT2D eigenvalue weighted by molar-refractivity contribution is -0.152. The number of rotatable bonds is 13. The Morgan fingerprint density at radius 3 is 2.33 bits per heavy atom. The van der Waals surface area contributed by atoms with Gasteiger partial charge in [0.05, 0.1) is 24.0 Å². The molecule has 0 saturated heterocycles. The molecule has 2 heterocycles. The summed E-state index contributed by atoms with van der Waals surface area (Å²) in [7, 11) is 0. The summed E-state index contributed by atoms with van der Waals surface area (Å²) in [4.78, 5) is 70.4. The maximum Gasteiger partial charge on any atom is 0.407 e. The summed E-state index contributed by atoms with van der Waals surface area (Å²) in [6.07, 6.45) is -5.77. The van der Waals surface area contributed by atoms with Crippen molar-refractivity contribution < 1.29 is 39.2 Å². The first-order valence-electron chi connectivity index (χ1n) is 14.4. The summed E-state index contributed by atoms with van der Waals surface area (Å²) in [5.74, 6) is -1.35. The number of aromatic nitrogens is 4. The number of nitrogens with one attached hydrogen (secondary N) is 3. The molecule has 45 heavy (non-hydrogen) atoms. The standard InChI is InChI=1S/C29H40N6O10/c1-15-11-17-18(12-16(15)2)35(25-23(32-17)26(41)34-27(42)33-25)13-19(36)24(40)20(37)14-44-22(39)8-7-21(38)30-9-6-10-31-28(43)45-29(3,4)5/h11-12,19-20,24,36-37,40H,6-10,13-14H2,1-5H3,(H,30,38)(H,31,43)(H,34,41,42). The van der Waals surface area contributed by atoms with E-state index in [1.54, 1.807) is 32.9 Å². The quantitative estimate of drug-likeness (QED) is 0.0805. The SMILES string of the molecule is Cc1cc2nc3c(=O)[nH]c(=O)nc-3n(CC(O)C(O)C(O)COC(=O)CCC(=O)NCCCNC(=O)OC(C)(C)C)c2cc1C. The third kappa shape index (κ3) is 10.1. The molecule has 1 aromatic carbocycles. The van der Waals surface area contributed by atoms with Crippen molar-refractivity contribution in [3.05, 3.63) is 44.1 Å². The predicted molar refractivity (Wildman–Crippen MR) is 161 cm³/mol. The largest absolute Gasteiger partial charge is 0.463 e. The number of fused-ring (bicyclic) bond motifs is 2. The molecule has 0 saturated carbocycles. The number of hydrogen-bond donors (Lipinski definition) is 6. The summed E-state index contributed by atoms with van der Waals surface area (Å²) in [6.45, 7) is 8.39. The molecule has 2 aliphatic heterocycles. The van der Waals surface area contributed by atoms with Crippen molar-refractivity contribution in [3.63, 3.8) is 0 Å². The zero-order valence-electron chi connectivity index (χ0n) is 25.9. The van der Waals surface area contributed by atoms with Gasteiger partial charge in [0.15, 0.2) is 11.5 Å². The minimum absolute atomic E-state index is 0.121. The molecule has 0 aliphatic carbocycles. The van der Waals surface area contributed by atoms with Crippen LogP contribution in [0.15, 0.2) is 21.7 Å².